The summed E-state index contributed by atoms with van der Waals surface area (Å²) in [4.78, 5) is 24.0. The van der Waals surface area contributed by atoms with Gasteiger partial charge < -0.3 is 19.9 Å². The summed E-state index contributed by atoms with van der Waals surface area (Å²) in [5.74, 6) is -0.927. The van der Waals surface area contributed by atoms with Crippen molar-refractivity contribution in [3.8, 4) is 11.1 Å². The Labute approximate surface area is 198 Å². The van der Waals surface area contributed by atoms with E-state index in [1.165, 1.54) is 19.1 Å². The Morgan fingerprint density at radius 1 is 1.09 bits per heavy atom. The molecule has 1 saturated carbocycles. The standard InChI is InChI=1S/C25H29ClFNO5/c1-16(32-25(30)33-21-5-3-2-4-6-21)31-24(29)15-20(28)13-17-7-9-18(10-8-17)22-14-19(26)11-12-23(22)27/h7-12,14,16,20-21H,2-6,13,15,28H2,1H3/t16-,20?/m0/s1. The zero-order valence-electron chi connectivity index (χ0n) is 18.6. The third kappa shape index (κ3) is 8.02. The fourth-order valence-corrected chi connectivity index (χ4v) is 4.04. The molecule has 0 spiro atoms. The van der Waals surface area contributed by atoms with Crippen LogP contribution in [0.2, 0.25) is 5.02 Å². The van der Waals surface area contributed by atoms with Crippen LogP contribution in [-0.4, -0.2) is 30.6 Å². The predicted octanol–water partition coefficient (Wildman–Crippen LogP) is 5.78. The van der Waals surface area contributed by atoms with Crippen LogP contribution in [-0.2, 0) is 25.4 Å². The Morgan fingerprint density at radius 3 is 2.48 bits per heavy atom. The second-order valence-corrected chi connectivity index (χ2v) is 8.73. The second-order valence-electron chi connectivity index (χ2n) is 8.29. The van der Waals surface area contributed by atoms with Gasteiger partial charge in [0.1, 0.15) is 11.9 Å². The van der Waals surface area contributed by atoms with Crippen molar-refractivity contribution in [1.82, 2.24) is 0 Å². The Bertz CT molecular complexity index is 946. The van der Waals surface area contributed by atoms with Gasteiger partial charge in [-0.25, -0.2) is 9.18 Å². The van der Waals surface area contributed by atoms with Gasteiger partial charge in [-0.15, -0.1) is 0 Å². The summed E-state index contributed by atoms with van der Waals surface area (Å²) in [5.41, 5.74) is 8.09. The number of benzene rings is 2. The van der Waals surface area contributed by atoms with Crippen molar-refractivity contribution >= 4 is 23.7 Å². The minimum atomic E-state index is -1.06. The van der Waals surface area contributed by atoms with Gasteiger partial charge in [-0.2, -0.15) is 0 Å². The average molecular weight is 478 g/mol. The van der Waals surface area contributed by atoms with E-state index in [1.54, 1.807) is 18.2 Å². The molecule has 2 atom stereocenters. The third-order valence-corrected chi connectivity index (χ3v) is 5.73. The lowest BCUT2D eigenvalue weighted by atomic mass is 9.98. The van der Waals surface area contributed by atoms with Crippen LogP contribution in [0.25, 0.3) is 11.1 Å². The van der Waals surface area contributed by atoms with E-state index in [0.29, 0.717) is 22.6 Å². The summed E-state index contributed by atoms with van der Waals surface area (Å²) < 4.78 is 29.4. The minimum Gasteiger partial charge on any atom is -0.431 e. The Hall–Kier alpha value is -2.64. The molecule has 0 aromatic heterocycles. The van der Waals surface area contributed by atoms with Gasteiger partial charge in [-0.1, -0.05) is 42.3 Å². The molecule has 8 heteroatoms. The van der Waals surface area contributed by atoms with Crippen molar-refractivity contribution in [2.45, 2.75) is 70.3 Å². The van der Waals surface area contributed by atoms with Gasteiger partial charge in [-0.3, -0.25) is 4.79 Å². The lowest BCUT2D eigenvalue weighted by molar-refractivity contribution is -0.169. The summed E-state index contributed by atoms with van der Waals surface area (Å²) in [6, 6.07) is 11.1. The van der Waals surface area contributed by atoms with E-state index < -0.39 is 24.5 Å². The van der Waals surface area contributed by atoms with E-state index in [0.717, 1.165) is 37.7 Å². The quantitative estimate of drug-likeness (QED) is 0.383. The highest BCUT2D eigenvalue weighted by Gasteiger charge is 2.22. The molecule has 1 aliphatic rings. The van der Waals surface area contributed by atoms with Crippen molar-refractivity contribution in [1.29, 1.82) is 0 Å². The zero-order valence-corrected chi connectivity index (χ0v) is 19.4. The van der Waals surface area contributed by atoms with Crippen molar-refractivity contribution in [3.05, 3.63) is 58.9 Å². The SMILES string of the molecule is C[C@@H](OC(=O)CC(N)Cc1ccc(-c2cc(Cl)ccc2F)cc1)OC(=O)OC1CCCCC1. The number of rotatable bonds is 8. The van der Waals surface area contributed by atoms with Gasteiger partial charge in [0.2, 0.25) is 6.29 Å². The van der Waals surface area contributed by atoms with Gasteiger partial charge in [0.15, 0.2) is 0 Å². The second kappa shape index (κ2) is 12.0. The number of nitrogens with two attached hydrogens (primary N) is 1. The molecule has 178 valence electrons. The first-order chi connectivity index (χ1) is 15.8. The molecule has 0 aliphatic heterocycles. The summed E-state index contributed by atoms with van der Waals surface area (Å²) in [6.45, 7) is 1.46. The maximum atomic E-state index is 14.0. The monoisotopic (exact) mass is 477 g/mol. The summed E-state index contributed by atoms with van der Waals surface area (Å²) in [6.07, 6.45) is 3.21. The molecule has 3 rings (SSSR count). The first-order valence-electron chi connectivity index (χ1n) is 11.2. The number of esters is 1. The highest BCUT2D eigenvalue weighted by molar-refractivity contribution is 6.30. The summed E-state index contributed by atoms with van der Waals surface area (Å²) in [5, 5.41) is 0.455. The Morgan fingerprint density at radius 2 is 1.79 bits per heavy atom. The topological polar surface area (TPSA) is 87.9 Å². The number of carbonyl (C=O) groups excluding carboxylic acids is 2. The van der Waals surface area contributed by atoms with Crippen LogP contribution in [0.5, 0.6) is 0 Å². The number of ether oxygens (including phenoxy) is 3. The predicted molar refractivity (Wildman–Crippen MR) is 123 cm³/mol. The summed E-state index contributed by atoms with van der Waals surface area (Å²) in [7, 11) is 0. The molecule has 2 N–H and O–H groups in total. The van der Waals surface area contributed by atoms with E-state index >= 15 is 0 Å². The fraction of sp³-hybridized carbons (Fsp3) is 0.440. The van der Waals surface area contributed by atoms with E-state index in [2.05, 4.69) is 0 Å². The van der Waals surface area contributed by atoms with Crippen molar-refractivity contribution < 1.29 is 28.2 Å². The van der Waals surface area contributed by atoms with E-state index in [4.69, 9.17) is 31.5 Å². The van der Waals surface area contributed by atoms with Crippen molar-refractivity contribution in [3.63, 3.8) is 0 Å². The van der Waals surface area contributed by atoms with E-state index in [-0.39, 0.29) is 18.3 Å². The maximum absolute atomic E-state index is 14.0. The van der Waals surface area contributed by atoms with Crippen molar-refractivity contribution in [2.75, 3.05) is 0 Å². The average Bonchev–Trinajstić information content (AvgIpc) is 2.76. The van der Waals surface area contributed by atoms with Crippen LogP contribution in [0.1, 0.15) is 51.0 Å². The molecular formula is C25H29ClFNO5. The molecule has 0 radical (unpaired) electrons. The summed E-state index contributed by atoms with van der Waals surface area (Å²) >= 11 is 5.96. The first kappa shape index (κ1) is 25.0. The van der Waals surface area contributed by atoms with Crippen LogP contribution in [0, 0.1) is 5.82 Å². The lowest BCUT2D eigenvalue weighted by Gasteiger charge is -2.22. The Kier molecular flexibility index (Phi) is 9.09. The van der Waals surface area contributed by atoms with E-state index in [9.17, 15) is 14.0 Å². The maximum Gasteiger partial charge on any atom is 0.511 e. The minimum absolute atomic E-state index is 0.0456. The number of halogens is 2. The highest BCUT2D eigenvalue weighted by atomic mass is 35.5. The van der Waals surface area contributed by atoms with Crippen LogP contribution in [0.15, 0.2) is 42.5 Å². The normalized spacial score (nSPS) is 16.0. The molecular weight excluding hydrogens is 449 g/mol. The molecule has 6 nitrogen and oxygen atoms in total. The highest BCUT2D eigenvalue weighted by Crippen LogP contribution is 2.26. The molecule has 1 fully saturated rings. The van der Waals surface area contributed by atoms with Crippen LogP contribution < -0.4 is 5.73 Å². The molecule has 2 aromatic rings. The van der Waals surface area contributed by atoms with Gasteiger partial charge in [0.25, 0.3) is 0 Å². The first-order valence-corrected chi connectivity index (χ1v) is 11.5. The van der Waals surface area contributed by atoms with E-state index in [1.807, 2.05) is 12.1 Å². The Balaban J connectivity index is 1.43. The van der Waals surface area contributed by atoms with Crippen LogP contribution in [0.4, 0.5) is 9.18 Å². The van der Waals surface area contributed by atoms with Gasteiger partial charge >= 0.3 is 12.1 Å². The van der Waals surface area contributed by atoms with Crippen molar-refractivity contribution in [2.24, 2.45) is 5.73 Å². The van der Waals surface area contributed by atoms with Gasteiger partial charge in [0, 0.05) is 23.6 Å². The molecule has 2 aromatic carbocycles. The number of carbonyl (C=O) groups is 2. The molecule has 33 heavy (non-hydrogen) atoms. The van der Waals surface area contributed by atoms with Crippen LogP contribution >= 0.6 is 11.6 Å². The molecule has 0 saturated heterocycles. The number of hydrogen-bond acceptors (Lipinski definition) is 6. The molecule has 0 heterocycles. The van der Waals surface area contributed by atoms with Gasteiger partial charge in [-0.05, 0) is 61.4 Å². The molecule has 1 unspecified atom stereocenters. The lowest BCUT2D eigenvalue weighted by Crippen LogP contribution is -2.30. The van der Waals surface area contributed by atoms with Gasteiger partial charge in [0.05, 0.1) is 6.42 Å². The zero-order chi connectivity index (χ0) is 23.8. The molecule has 0 amide bonds. The number of hydrogen-bond donors (Lipinski definition) is 1. The molecule has 0 bridgehead atoms. The molecule has 1 aliphatic carbocycles. The smallest absolute Gasteiger partial charge is 0.431 e. The van der Waals surface area contributed by atoms with Crippen LogP contribution in [0.3, 0.4) is 0 Å². The third-order valence-electron chi connectivity index (χ3n) is 5.49. The fourth-order valence-electron chi connectivity index (χ4n) is 3.87. The largest absolute Gasteiger partial charge is 0.511 e.